The number of benzene rings is 1. The van der Waals surface area contributed by atoms with Crippen molar-refractivity contribution in [2.45, 2.75) is 20.8 Å². The molecule has 0 aliphatic carbocycles. The summed E-state index contributed by atoms with van der Waals surface area (Å²) in [6, 6.07) is 0. The first kappa shape index (κ1) is 11.2. The fraction of sp³-hybridized carbons (Fsp3) is 0.455. The molecule has 0 aliphatic heterocycles. The molecule has 14 heavy (non-hydrogen) atoms. The average Bonchev–Trinajstić information content (AvgIpc) is 2.20. The number of ether oxygens (including phenoxy) is 1. The second-order valence-electron chi connectivity index (χ2n) is 3.35. The Bertz CT molecular complexity index is 326. The molecule has 0 fully saturated rings. The molecule has 0 heterocycles. The van der Waals surface area contributed by atoms with E-state index in [2.05, 4.69) is 5.32 Å². The molecule has 0 bridgehead atoms. The van der Waals surface area contributed by atoms with Crippen molar-refractivity contribution in [3.63, 3.8) is 0 Å². The maximum atomic E-state index is 6.20. The topological polar surface area (TPSA) is 21.3 Å². The Morgan fingerprint density at radius 2 is 1.64 bits per heavy atom. The molecule has 0 saturated heterocycles. The Morgan fingerprint density at radius 3 is 2.07 bits per heavy atom. The molecular formula is C11H16ClNO. The Hall–Kier alpha value is -0.890. The van der Waals surface area contributed by atoms with Gasteiger partial charge in [-0.1, -0.05) is 11.6 Å². The van der Waals surface area contributed by atoms with Crippen LogP contribution in [0.15, 0.2) is 0 Å². The van der Waals surface area contributed by atoms with Gasteiger partial charge in [-0.3, -0.25) is 0 Å². The van der Waals surface area contributed by atoms with Crippen LogP contribution >= 0.6 is 11.6 Å². The molecule has 0 aliphatic rings. The van der Waals surface area contributed by atoms with E-state index in [4.69, 9.17) is 16.3 Å². The van der Waals surface area contributed by atoms with Gasteiger partial charge in [0.15, 0.2) is 0 Å². The number of nitrogens with one attached hydrogen (secondary N) is 1. The van der Waals surface area contributed by atoms with Gasteiger partial charge in [0.25, 0.3) is 0 Å². The van der Waals surface area contributed by atoms with Gasteiger partial charge in [-0.15, -0.1) is 0 Å². The lowest BCUT2D eigenvalue weighted by Crippen LogP contribution is -2.01. The first-order chi connectivity index (χ1) is 6.54. The highest BCUT2D eigenvalue weighted by atomic mass is 35.5. The monoisotopic (exact) mass is 213 g/mol. The molecule has 3 heteroatoms. The molecule has 0 unspecified atom stereocenters. The van der Waals surface area contributed by atoms with E-state index < -0.39 is 0 Å². The Morgan fingerprint density at radius 1 is 1.07 bits per heavy atom. The number of hydrogen-bond donors (Lipinski definition) is 1. The van der Waals surface area contributed by atoms with E-state index in [1.54, 1.807) is 7.11 Å². The molecule has 0 amide bonds. The number of halogens is 1. The van der Waals surface area contributed by atoms with Crippen LogP contribution in [0.25, 0.3) is 0 Å². The van der Waals surface area contributed by atoms with Crippen molar-refractivity contribution in [2.75, 3.05) is 19.5 Å². The highest BCUT2D eigenvalue weighted by molar-refractivity contribution is 6.32. The van der Waals surface area contributed by atoms with E-state index in [9.17, 15) is 0 Å². The predicted octanol–water partition coefficient (Wildman–Crippen LogP) is 3.32. The zero-order chi connectivity index (χ0) is 10.9. The maximum Gasteiger partial charge on any atom is 0.145 e. The van der Waals surface area contributed by atoms with Gasteiger partial charge in [-0.25, -0.2) is 0 Å². The van der Waals surface area contributed by atoms with E-state index in [0.717, 1.165) is 33.1 Å². The van der Waals surface area contributed by atoms with Crippen molar-refractivity contribution in [1.29, 1.82) is 0 Å². The van der Waals surface area contributed by atoms with E-state index in [1.807, 2.05) is 27.8 Å². The summed E-state index contributed by atoms with van der Waals surface area (Å²) in [6.07, 6.45) is 0. The van der Waals surface area contributed by atoms with Crippen LogP contribution in [0, 0.1) is 20.8 Å². The number of hydrogen-bond acceptors (Lipinski definition) is 2. The SMILES string of the molecule is CNc1c(C)c(Cl)c(C)c(C)c1OC. The molecule has 0 aromatic heterocycles. The fourth-order valence-electron chi connectivity index (χ4n) is 1.64. The summed E-state index contributed by atoms with van der Waals surface area (Å²) in [7, 11) is 3.55. The predicted molar refractivity (Wildman–Crippen MR) is 61.8 cm³/mol. The Balaban J connectivity index is 3.57. The second-order valence-corrected chi connectivity index (χ2v) is 3.73. The maximum absolute atomic E-state index is 6.20. The summed E-state index contributed by atoms with van der Waals surface area (Å²) in [5.41, 5.74) is 4.18. The van der Waals surface area contributed by atoms with Gasteiger partial charge in [0.05, 0.1) is 12.8 Å². The highest BCUT2D eigenvalue weighted by Crippen LogP contribution is 2.39. The van der Waals surface area contributed by atoms with Gasteiger partial charge in [0, 0.05) is 12.1 Å². The summed E-state index contributed by atoms with van der Waals surface area (Å²) in [4.78, 5) is 0. The summed E-state index contributed by atoms with van der Waals surface area (Å²) in [5, 5.41) is 3.93. The van der Waals surface area contributed by atoms with Crippen LogP contribution in [0.5, 0.6) is 5.75 Å². The van der Waals surface area contributed by atoms with Gasteiger partial charge in [-0.2, -0.15) is 0 Å². The molecule has 1 rings (SSSR count). The van der Waals surface area contributed by atoms with Crippen LogP contribution in [0.4, 0.5) is 5.69 Å². The zero-order valence-electron chi connectivity index (χ0n) is 9.29. The normalized spacial score (nSPS) is 10.1. The van der Waals surface area contributed by atoms with Crippen molar-refractivity contribution in [2.24, 2.45) is 0 Å². The minimum atomic E-state index is 0.813. The fourth-order valence-corrected chi connectivity index (χ4v) is 1.88. The van der Waals surface area contributed by atoms with Crippen molar-refractivity contribution in [3.05, 3.63) is 21.7 Å². The lowest BCUT2D eigenvalue weighted by Gasteiger charge is -2.17. The summed E-state index contributed by atoms with van der Waals surface area (Å²) in [6.45, 7) is 6.01. The third-order valence-corrected chi connectivity index (χ3v) is 3.18. The van der Waals surface area contributed by atoms with Crippen LogP contribution in [0.3, 0.4) is 0 Å². The van der Waals surface area contributed by atoms with Gasteiger partial charge < -0.3 is 10.1 Å². The van der Waals surface area contributed by atoms with E-state index >= 15 is 0 Å². The number of methoxy groups -OCH3 is 1. The van der Waals surface area contributed by atoms with Crippen LogP contribution in [-0.2, 0) is 0 Å². The first-order valence-electron chi connectivity index (χ1n) is 4.55. The molecule has 1 aromatic rings. The molecule has 1 N–H and O–H groups in total. The lowest BCUT2D eigenvalue weighted by atomic mass is 10.0. The van der Waals surface area contributed by atoms with E-state index in [-0.39, 0.29) is 0 Å². The minimum Gasteiger partial charge on any atom is -0.494 e. The smallest absolute Gasteiger partial charge is 0.145 e. The van der Waals surface area contributed by atoms with Crippen LogP contribution in [-0.4, -0.2) is 14.2 Å². The van der Waals surface area contributed by atoms with Gasteiger partial charge in [0.2, 0.25) is 0 Å². The van der Waals surface area contributed by atoms with Crippen molar-refractivity contribution in [1.82, 2.24) is 0 Å². The van der Waals surface area contributed by atoms with Crippen LogP contribution in [0.1, 0.15) is 16.7 Å². The standard InChI is InChI=1S/C11H16ClNO/c1-6-7(2)11(14-5)10(13-4)8(3)9(6)12/h13H,1-5H3. The molecule has 2 nitrogen and oxygen atoms in total. The van der Waals surface area contributed by atoms with Crippen molar-refractivity contribution in [3.8, 4) is 5.75 Å². The number of rotatable bonds is 2. The van der Waals surface area contributed by atoms with Crippen molar-refractivity contribution >= 4 is 17.3 Å². The van der Waals surface area contributed by atoms with E-state index in [0.29, 0.717) is 0 Å². The first-order valence-corrected chi connectivity index (χ1v) is 4.93. The van der Waals surface area contributed by atoms with Gasteiger partial charge in [0.1, 0.15) is 5.75 Å². The second kappa shape index (κ2) is 4.09. The number of anilines is 1. The summed E-state index contributed by atoms with van der Waals surface area (Å²) in [5.74, 6) is 0.881. The molecule has 78 valence electrons. The molecule has 0 spiro atoms. The molecule has 0 atom stereocenters. The van der Waals surface area contributed by atoms with Gasteiger partial charge in [-0.05, 0) is 37.5 Å². The Kier molecular flexibility index (Phi) is 3.27. The lowest BCUT2D eigenvalue weighted by molar-refractivity contribution is 0.413. The summed E-state index contributed by atoms with van der Waals surface area (Å²) >= 11 is 6.20. The molecule has 1 aromatic carbocycles. The molecule has 0 radical (unpaired) electrons. The highest BCUT2D eigenvalue weighted by Gasteiger charge is 2.15. The van der Waals surface area contributed by atoms with Crippen LogP contribution < -0.4 is 10.1 Å². The van der Waals surface area contributed by atoms with E-state index in [1.165, 1.54) is 0 Å². The Labute approximate surface area is 90.2 Å². The largest absolute Gasteiger partial charge is 0.494 e. The zero-order valence-corrected chi connectivity index (χ0v) is 10.0. The van der Waals surface area contributed by atoms with Crippen molar-refractivity contribution < 1.29 is 4.74 Å². The quantitative estimate of drug-likeness (QED) is 0.814. The third kappa shape index (κ3) is 1.55. The van der Waals surface area contributed by atoms with Crippen LogP contribution in [0.2, 0.25) is 5.02 Å². The molecule has 0 saturated carbocycles. The minimum absolute atomic E-state index is 0.813. The molecular weight excluding hydrogens is 198 g/mol. The van der Waals surface area contributed by atoms with Gasteiger partial charge >= 0.3 is 0 Å². The summed E-state index contributed by atoms with van der Waals surface area (Å²) < 4.78 is 5.36. The third-order valence-electron chi connectivity index (χ3n) is 2.62. The average molecular weight is 214 g/mol.